The molecule has 2 aliphatic rings. The van der Waals surface area contributed by atoms with E-state index in [9.17, 15) is 4.79 Å². The van der Waals surface area contributed by atoms with Crippen LogP contribution in [0.1, 0.15) is 22.9 Å². The van der Waals surface area contributed by atoms with Crippen molar-refractivity contribution in [2.24, 2.45) is 11.8 Å². The van der Waals surface area contributed by atoms with Gasteiger partial charge in [-0.25, -0.2) is 9.97 Å². The minimum atomic E-state index is 0.105. The molecule has 0 saturated carbocycles. The van der Waals surface area contributed by atoms with E-state index in [4.69, 9.17) is 4.74 Å². The average Bonchev–Trinajstić information content (AvgIpc) is 3.27. The molecule has 0 radical (unpaired) electrons. The van der Waals surface area contributed by atoms with Gasteiger partial charge in [0.15, 0.2) is 0 Å². The Morgan fingerprint density at radius 3 is 2.73 bits per heavy atom. The van der Waals surface area contributed by atoms with Crippen molar-refractivity contribution in [2.75, 3.05) is 52.3 Å². The second kappa shape index (κ2) is 8.70. The lowest BCUT2D eigenvalue weighted by molar-refractivity contribution is -0.133. The normalized spacial score (nSPS) is 23.3. The van der Waals surface area contributed by atoms with Crippen LogP contribution >= 0.6 is 0 Å². The molecular formula is C23H31N5O2. The monoisotopic (exact) mass is 409 g/mol. The molecule has 1 amide bonds. The molecule has 0 spiro atoms. The van der Waals surface area contributed by atoms with Crippen LogP contribution in [0.15, 0.2) is 36.7 Å². The van der Waals surface area contributed by atoms with E-state index in [1.54, 1.807) is 13.4 Å². The number of likely N-dealkylation sites (tertiary alicyclic amines) is 1. The lowest BCUT2D eigenvalue weighted by Gasteiger charge is -2.32. The van der Waals surface area contributed by atoms with Gasteiger partial charge in [0.2, 0.25) is 5.91 Å². The SMILES string of the molecule is COCc1cc(N2C[C@@H]3CN(C(=O)CN(C)C)[C@@H](c4ccccc4C)[C@@H]3C2)ncn1. The van der Waals surface area contributed by atoms with E-state index < -0.39 is 0 Å². The first-order chi connectivity index (χ1) is 14.5. The number of fused-ring (bicyclic) bond motifs is 1. The van der Waals surface area contributed by atoms with Crippen LogP contribution in [0.5, 0.6) is 0 Å². The molecule has 0 bridgehead atoms. The van der Waals surface area contributed by atoms with E-state index in [1.165, 1.54) is 11.1 Å². The summed E-state index contributed by atoms with van der Waals surface area (Å²) >= 11 is 0. The number of aryl methyl sites for hydroxylation is 1. The second-order valence-electron chi connectivity index (χ2n) is 8.71. The smallest absolute Gasteiger partial charge is 0.237 e. The number of amides is 1. The largest absolute Gasteiger partial charge is 0.378 e. The van der Waals surface area contributed by atoms with Crippen LogP contribution in [-0.2, 0) is 16.1 Å². The maximum atomic E-state index is 13.1. The predicted molar refractivity (Wildman–Crippen MR) is 116 cm³/mol. The second-order valence-corrected chi connectivity index (χ2v) is 8.71. The summed E-state index contributed by atoms with van der Waals surface area (Å²) in [4.78, 5) is 28.3. The van der Waals surface area contributed by atoms with Gasteiger partial charge in [-0.05, 0) is 32.1 Å². The molecular weight excluding hydrogens is 378 g/mol. The van der Waals surface area contributed by atoms with E-state index in [0.717, 1.165) is 31.1 Å². The molecule has 3 atom stereocenters. The molecule has 2 aromatic rings. The molecule has 0 N–H and O–H groups in total. The van der Waals surface area contributed by atoms with Gasteiger partial charge >= 0.3 is 0 Å². The van der Waals surface area contributed by atoms with Gasteiger partial charge in [-0.15, -0.1) is 0 Å². The summed E-state index contributed by atoms with van der Waals surface area (Å²) in [7, 11) is 5.58. The average molecular weight is 410 g/mol. The standard InChI is InChI=1S/C23H31N5O2/c1-16-7-5-6-8-19(16)23-20-12-27(21-9-18(14-30-4)24-15-25-21)10-17(20)11-28(23)22(29)13-26(2)3/h5-9,15,17,20,23H,10-14H2,1-4H3/t17-,20-,23+/m1/s1. The van der Waals surface area contributed by atoms with Crippen molar-refractivity contribution in [1.29, 1.82) is 0 Å². The summed E-state index contributed by atoms with van der Waals surface area (Å²) in [5.74, 6) is 1.97. The molecule has 2 aliphatic heterocycles. The van der Waals surface area contributed by atoms with Gasteiger partial charge in [-0.1, -0.05) is 24.3 Å². The molecule has 2 fully saturated rings. The van der Waals surface area contributed by atoms with Gasteiger partial charge in [0.1, 0.15) is 12.1 Å². The maximum absolute atomic E-state index is 13.1. The molecule has 1 aromatic carbocycles. The number of ether oxygens (including phenoxy) is 1. The number of methoxy groups -OCH3 is 1. The van der Waals surface area contributed by atoms with E-state index in [0.29, 0.717) is 25.0 Å². The summed E-state index contributed by atoms with van der Waals surface area (Å²) in [6, 6.07) is 10.6. The number of hydrogen-bond acceptors (Lipinski definition) is 6. The molecule has 160 valence electrons. The highest BCUT2D eigenvalue weighted by Crippen LogP contribution is 2.46. The van der Waals surface area contributed by atoms with Crippen LogP contribution in [0.4, 0.5) is 5.82 Å². The zero-order valence-electron chi connectivity index (χ0n) is 18.3. The highest BCUT2D eigenvalue weighted by molar-refractivity contribution is 5.79. The van der Waals surface area contributed by atoms with Crippen molar-refractivity contribution in [3.8, 4) is 0 Å². The molecule has 0 unspecified atom stereocenters. The number of likely N-dealkylation sites (N-methyl/N-ethyl adjacent to an activating group) is 1. The molecule has 7 heteroatoms. The Hall–Kier alpha value is -2.51. The summed E-state index contributed by atoms with van der Waals surface area (Å²) < 4.78 is 5.22. The van der Waals surface area contributed by atoms with Gasteiger partial charge < -0.3 is 19.4 Å². The van der Waals surface area contributed by atoms with Gasteiger partial charge in [0, 0.05) is 44.6 Å². The van der Waals surface area contributed by atoms with E-state index in [2.05, 4.69) is 51.0 Å². The van der Waals surface area contributed by atoms with Crippen molar-refractivity contribution < 1.29 is 9.53 Å². The minimum Gasteiger partial charge on any atom is -0.378 e. The number of aromatic nitrogens is 2. The number of hydrogen-bond donors (Lipinski definition) is 0. The fourth-order valence-electron chi connectivity index (χ4n) is 4.95. The molecule has 3 heterocycles. The number of carbonyl (C=O) groups excluding carboxylic acids is 1. The molecule has 1 aromatic heterocycles. The maximum Gasteiger partial charge on any atom is 0.237 e. The topological polar surface area (TPSA) is 61.8 Å². The Labute approximate surface area is 178 Å². The first-order valence-electron chi connectivity index (χ1n) is 10.5. The Balaban J connectivity index is 1.61. The van der Waals surface area contributed by atoms with E-state index >= 15 is 0 Å². The summed E-state index contributed by atoms with van der Waals surface area (Å²) in [5, 5.41) is 0. The Bertz CT molecular complexity index is 903. The summed E-state index contributed by atoms with van der Waals surface area (Å²) in [5.41, 5.74) is 3.40. The summed E-state index contributed by atoms with van der Waals surface area (Å²) in [6.07, 6.45) is 1.61. The molecule has 2 saturated heterocycles. The number of anilines is 1. The Morgan fingerprint density at radius 2 is 2.00 bits per heavy atom. The van der Waals surface area contributed by atoms with Crippen LogP contribution in [-0.4, -0.2) is 73.1 Å². The third-order valence-corrected chi connectivity index (χ3v) is 6.27. The number of rotatable bonds is 6. The highest BCUT2D eigenvalue weighted by Gasteiger charge is 2.49. The number of nitrogens with zero attached hydrogens (tertiary/aromatic N) is 5. The Kier molecular flexibility index (Phi) is 6.01. The van der Waals surface area contributed by atoms with Crippen LogP contribution in [0.3, 0.4) is 0 Å². The fourth-order valence-corrected chi connectivity index (χ4v) is 4.95. The fraction of sp³-hybridized carbons (Fsp3) is 0.522. The first-order valence-corrected chi connectivity index (χ1v) is 10.5. The van der Waals surface area contributed by atoms with E-state index in [1.807, 2.05) is 25.1 Å². The van der Waals surface area contributed by atoms with Crippen LogP contribution in [0.25, 0.3) is 0 Å². The Morgan fingerprint density at radius 1 is 1.20 bits per heavy atom. The van der Waals surface area contributed by atoms with Gasteiger partial charge in [-0.2, -0.15) is 0 Å². The summed E-state index contributed by atoms with van der Waals surface area (Å²) in [6.45, 7) is 5.65. The molecule has 30 heavy (non-hydrogen) atoms. The van der Waals surface area contributed by atoms with E-state index in [-0.39, 0.29) is 11.9 Å². The predicted octanol–water partition coefficient (Wildman–Crippen LogP) is 2.13. The van der Waals surface area contributed by atoms with Gasteiger partial charge in [0.25, 0.3) is 0 Å². The van der Waals surface area contributed by atoms with Crippen molar-refractivity contribution in [3.63, 3.8) is 0 Å². The number of carbonyl (C=O) groups is 1. The zero-order valence-corrected chi connectivity index (χ0v) is 18.3. The van der Waals surface area contributed by atoms with Crippen LogP contribution < -0.4 is 4.90 Å². The first kappa shape index (κ1) is 20.8. The third-order valence-electron chi connectivity index (χ3n) is 6.27. The highest BCUT2D eigenvalue weighted by atomic mass is 16.5. The van der Waals surface area contributed by atoms with Crippen molar-refractivity contribution in [2.45, 2.75) is 19.6 Å². The lowest BCUT2D eigenvalue weighted by atomic mass is 9.87. The van der Waals surface area contributed by atoms with Gasteiger partial charge in [0.05, 0.1) is 24.9 Å². The zero-order chi connectivity index (χ0) is 21.3. The van der Waals surface area contributed by atoms with Gasteiger partial charge in [-0.3, -0.25) is 4.79 Å². The van der Waals surface area contributed by atoms with Crippen LogP contribution in [0.2, 0.25) is 0 Å². The minimum absolute atomic E-state index is 0.105. The molecule has 7 nitrogen and oxygen atoms in total. The number of benzene rings is 1. The third kappa shape index (κ3) is 4.04. The van der Waals surface area contributed by atoms with Crippen molar-refractivity contribution in [1.82, 2.24) is 19.8 Å². The van der Waals surface area contributed by atoms with Crippen molar-refractivity contribution in [3.05, 3.63) is 53.5 Å². The van der Waals surface area contributed by atoms with Crippen molar-refractivity contribution >= 4 is 11.7 Å². The quantitative estimate of drug-likeness (QED) is 0.728. The van der Waals surface area contributed by atoms with Crippen LogP contribution in [0, 0.1) is 18.8 Å². The lowest BCUT2D eigenvalue weighted by Crippen LogP contribution is -2.40. The molecule has 4 rings (SSSR count). The molecule has 0 aliphatic carbocycles.